The van der Waals surface area contributed by atoms with Gasteiger partial charge >= 0.3 is 6.18 Å². The third-order valence-corrected chi connectivity index (χ3v) is 3.05. The second kappa shape index (κ2) is 5.71. The van der Waals surface area contributed by atoms with Crippen LogP contribution in [0.3, 0.4) is 0 Å². The van der Waals surface area contributed by atoms with Crippen LogP contribution in [0.1, 0.15) is 41.5 Å². The quantitative estimate of drug-likeness (QED) is 0.802. The number of hydrogen-bond acceptors (Lipinski definition) is 2. The number of rotatable bonds is 4. The van der Waals surface area contributed by atoms with Crippen LogP contribution in [0.25, 0.3) is 0 Å². The number of halogens is 3. The number of hydrogen-bond donors (Lipinski definition) is 0. The summed E-state index contributed by atoms with van der Waals surface area (Å²) in [6, 6.07) is 6.32. The average Bonchev–Trinajstić information content (AvgIpc) is 2.86. The van der Waals surface area contributed by atoms with Gasteiger partial charge in [0.15, 0.2) is 5.78 Å². The lowest BCUT2D eigenvalue weighted by molar-refractivity contribution is -0.137. The predicted octanol–water partition coefficient (Wildman–Crippen LogP) is 3.91. The van der Waals surface area contributed by atoms with E-state index in [4.69, 9.17) is 0 Å². The summed E-state index contributed by atoms with van der Waals surface area (Å²) in [4.78, 5) is 12.1. The molecule has 0 spiro atoms. The average molecular weight is 296 g/mol. The highest BCUT2D eigenvalue weighted by atomic mass is 19.4. The van der Waals surface area contributed by atoms with Crippen LogP contribution >= 0.6 is 0 Å². The van der Waals surface area contributed by atoms with Crippen molar-refractivity contribution in [2.45, 2.75) is 32.5 Å². The van der Waals surface area contributed by atoms with Gasteiger partial charge in [-0.1, -0.05) is 12.1 Å². The van der Waals surface area contributed by atoms with Gasteiger partial charge in [0.2, 0.25) is 0 Å². The first-order valence-electron chi connectivity index (χ1n) is 6.52. The number of carbonyl (C=O) groups excluding carboxylic acids is 1. The number of carbonyl (C=O) groups is 1. The first-order chi connectivity index (χ1) is 9.77. The highest BCUT2D eigenvalue weighted by molar-refractivity contribution is 5.97. The van der Waals surface area contributed by atoms with Crippen molar-refractivity contribution in [1.29, 1.82) is 0 Å². The van der Waals surface area contributed by atoms with Crippen LogP contribution in [0, 0.1) is 0 Å². The molecule has 6 heteroatoms. The zero-order valence-corrected chi connectivity index (χ0v) is 11.7. The van der Waals surface area contributed by atoms with Gasteiger partial charge in [-0.2, -0.15) is 18.3 Å². The molecule has 2 rings (SSSR count). The molecule has 21 heavy (non-hydrogen) atoms. The molecule has 0 bridgehead atoms. The van der Waals surface area contributed by atoms with Crippen molar-refractivity contribution in [2.75, 3.05) is 0 Å². The Balaban J connectivity index is 2.16. The van der Waals surface area contributed by atoms with E-state index in [9.17, 15) is 18.0 Å². The van der Waals surface area contributed by atoms with E-state index in [1.54, 1.807) is 16.9 Å². The molecule has 0 atom stereocenters. The summed E-state index contributed by atoms with van der Waals surface area (Å²) in [5.74, 6) is -0.380. The number of ketones is 1. The summed E-state index contributed by atoms with van der Waals surface area (Å²) in [5.41, 5.74) is -0.226. The Morgan fingerprint density at radius 1 is 1.29 bits per heavy atom. The molecule has 1 heterocycles. The topological polar surface area (TPSA) is 34.9 Å². The summed E-state index contributed by atoms with van der Waals surface area (Å²) >= 11 is 0. The second-order valence-corrected chi connectivity index (χ2v) is 5.06. The molecule has 0 aliphatic heterocycles. The Morgan fingerprint density at radius 3 is 2.57 bits per heavy atom. The molecule has 112 valence electrons. The normalized spacial score (nSPS) is 11.9. The van der Waals surface area contributed by atoms with Gasteiger partial charge in [0.25, 0.3) is 0 Å². The fraction of sp³-hybridized carbons (Fsp3) is 0.333. The molecule has 0 N–H and O–H groups in total. The minimum atomic E-state index is -4.45. The van der Waals surface area contributed by atoms with E-state index >= 15 is 0 Å². The number of Topliss-reactive ketones (excluding diaryl/α,β-unsaturated/α-hetero) is 1. The van der Waals surface area contributed by atoms with Gasteiger partial charge < -0.3 is 0 Å². The monoisotopic (exact) mass is 296 g/mol. The Labute approximate surface area is 120 Å². The van der Waals surface area contributed by atoms with E-state index < -0.39 is 11.7 Å². The third-order valence-electron chi connectivity index (χ3n) is 3.05. The Hall–Kier alpha value is -2.11. The van der Waals surface area contributed by atoms with Gasteiger partial charge in [-0.05, 0) is 32.0 Å². The van der Waals surface area contributed by atoms with E-state index in [1.165, 1.54) is 12.1 Å². The summed E-state index contributed by atoms with van der Waals surface area (Å²) in [6.07, 6.45) is -2.71. The van der Waals surface area contributed by atoms with Crippen molar-refractivity contribution in [1.82, 2.24) is 9.78 Å². The molecular weight excluding hydrogens is 281 g/mol. The first-order valence-corrected chi connectivity index (χ1v) is 6.52. The van der Waals surface area contributed by atoms with E-state index in [0.717, 1.165) is 12.1 Å². The Morgan fingerprint density at radius 2 is 2.00 bits per heavy atom. The molecule has 0 saturated heterocycles. The lowest BCUT2D eigenvalue weighted by Gasteiger charge is -2.08. The number of benzene rings is 1. The molecule has 0 saturated carbocycles. The van der Waals surface area contributed by atoms with Crippen molar-refractivity contribution < 1.29 is 18.0 Å². The smallest absolute Gasteiger partial charge is 0.294 e. The molecular formula is C15H15F3N2O. The maximum absolute atomic E-state index is 12.6. The van der Waals surface area contributed by atoms with Crippen molar-refractivity contribution in [3.63, 3.8) is 0 Å². The fourth-order valence-electron chi connectivity index (χ4n) is 1.89. The maximum Gasteiger partial charge on any atom is 0.416 e. The largest absolute Gasteiger partial charge is 0.416 e. The van der Waals surface area contributed by atoms with Crippen molar-refractivity contribution in [3.05, 3.63) is 53.3 Å². The minimum Gasteiger partial charge on any atom is -0.294 e. The third kappa shape index (κ3) is 3.71. The summed E-state index contributed by atoms with van der Waals surface area (Å²) in [6.45, 7) is 3.90. The van der Waals surface area contributed by atoms with Crippen molar-refractivity contribution in [2.24, 2.45) is 0 Å². The zero-order valence-electron chi connectivity index (χ0n) is 11.7. The molecule has 0 aliphatic rings. The highest BCUT2D eigenvalue weighted by Gasteiger charge is 2.30. The van der Waals surface area contributed by atoms with E-state index in [1.807, 2.05) is 13.8 Å². The standard InChI is InChI=1S/C15H15F3N2O/c1-10(2)20-7-6-13(19-20)9-14(21)11-4-3-5-12(8-11)15(16,17)18/h3-8,10H,9H2,1-2H3. The van der Waals surface area contributed by atoms with Crippen LogP contribution in [-0.4, -0.2) is 15.6 Å². The van der Waals surface area contributed by atoms with Crippen LogP contribution in [0.5, 0.6) is 0 Å². The molecule has 0 amide bonds. The van der Waals surface area contributed by atoms with Crippen LogP contribution < -0.4 is 0 Å². The van der Waals surface area contributed by atoms with Gasteiger partial charge in [-0.3, -0.25) is 9.48 Å². The van der Waals surface area contributed by atoms with Crippen LogP contribution in [0.2, 0.25) is 0 Å². The van der Waals surface area contributed by atoms with E-state index in [0.29, 0.717) is 5.69 Å². The van der Waals surface area contributed by atoms with Crippen LogP contribution in [0.4, 0.5) is 13.2 Å². The lowest BCUT2D eigenvalue weighted by atomic mass is 10.0. The molecule has 0 aliphatic carbocycles. The van der Waals surface area contributed by atoms with Crippen molar-refractivity contribution >= 4 is 5.78 Å². The number of nitrogens with zero attached hydrogens (tertiary/aromatic N) is 2. The molecule has 3 nitrogen and oxygen atoms in total. The van der Waals surface area contributed by atoms with Crippen molar-refractivity contribution in [3.8, 4) is 0 Å². The van der Waals surface area contributed by atoms with Gasteiger partial charge in [0.05, 0.1) is 17.7 Å². The molecule has 2 aromatic rings. The Bertz CT molecular complexity index is 644. The van der Waals surface area contributed by atoms with E-state index in [2.05, 4.69) is 5.10 Å². The fourth-order valence-corrected chi connectivity index (χ4v) is 1.89. The number of alkyl halides is 3. The summed E-state index contributed by atoms with van der Waals surface area (Å²) in [5, 5.41) is 4.22. The molecule has 1 aromatic carbocycles. The lowest BCUT2D eigenvalue weighted by Crippen LogP contribution is -2.09. The second-order valence-electron chi connectivity index (χ2n) is 5.06. The molecule has 0 fully saturated rings. The SMILES string of the molecule is CC(C)n1ccc(CC(=O)c2cccc(C(F)(F)F)c2)n1. The zero-order chi connectivity index (χ0) is 15.6. The van der Waals surface area contributed by atoms with E-state index in [-0.39, 0.29) is 23.8 Å². The first kappa shape index (κ1) is 15.3. The van der Waals surface area contributed by atoms with Crippen LogP contribution in [-0.2, 0) is 12.6 Å². The van der Waals surface area contributed by atoms with Gasteiger partial charge in [0.1, 0.15) is 0 Å². The van der Waals surface area contributed by atoms with Gasteiger partial charge in [0, 0.05) is 17.8 Å². The molecule has 0 unspecified atom stereocenters. The predicted molar refractivity (Wildman–Crippen MR) is 72.1 cm³/mol. The number of aromatic nitrogens is 2. The van der Waals surface area contributed by atoms with Gasteiger partial charge in [-0.15, -0.1) is 0 Å². The summed E-state index contributed by atoms with van der Waals surface area (Å²) in [7, 11) is 0. The minimum absolute atomic E-state index is 0.0129. The maximum atomic E-state index is 12.6. The highest BCUT2D eigenvalue weighted by Crippen LogP contribution is 2.29. The molecule has 1 aromatic heterocycles. The summed E-state index contributed by atoms with van der Waals surface area (Å²) < 4.78 is 39.6. The Kier molecular flexibility index (Phi) is 4.16. The van der Waals surface area contributed by atoms with Gasteiger partial charge in [-0.25, -0.2) is 0 Å². The molecule has 0 radical (unpaired) electrons. The van der Waals surface area contributed by atoms with Crippen LogP contribution in [0.15, 0.2) is 36.5 Å².